The topological polar surface area (TPSA) is 58.9 Å². The molecule has 2 heterocycles. The lowest BCUT2D eigenvalue weighted by Crippen LogP contribution is -2.67. The van der Waals surface area contributed by atoms with Gasteiger partial charge in [0.05, 0.1) is 25.4 Å². The average molecular weight is 244 g/mol. The zero-order valence-corrected chi connectivity index (χ0v) is 11.1. The number of aliphatic hydroxyl groups excluding tert-OH is 2. The Labute approximate surface area is 103 Å². The van der Waals surface area contributed by atoms with Crippen LogP contribution in [0.15, 0.2) is 0 Å². The number of hydrogen-bond acceptors (Lipinski definition) is 4. The van der Waals surface area contributed by atoms with Crippen molar-refractivity contribution in [2.45, 2.75) is 52.1 Å². The first-order valence-corrected chi connectivity index (χ1v) is 6.47. The van der Waals surface area contributed by atoms with Crippen molar-refractivity contribution >= 4 is 0 Å². The van der Waals surface area contributed by atoms with Gasteiger partial charge in [0, 0.05) is 17.3 Å². The van der Waals surface area contributed by atoms with Gasteiger partial charge in [0.15, 0.2) is 5.79 Å². The maximum Gasteiger partial charge on any atom is 0.180 e. The minimum atomic E-state index is -0.864. The largest absolute Gasteiger partial charge is 0.392 e. The molecular weight excluding hydrogens is 220 g/mol. The summed E-state index contributed by atoms with van der Waals surface area (Å²) in [5.74, 6) is -0.901. The fraction of sp³-hybridized carbons (Fsp3) is 1.00. The minimum absolute atomic E-state index is 0.106. The van der Waals surface area contributed by atoms with Crippen LogP contribution in [0.25, 0.3) is 0 Å². The van der Waals surface area contributed by atoms with Crippen molar-refractivity contribution < 1.29 is 19.7 Å². The van der Waals surface area contributed by atoms with Gasteiger partial charge < -0.3 is 19.7 Å². The van der Waals surface area contributed by atoms with Crippen LogP contribution in [0.4, 0.5) is 0 Å². The van der Waals surface area contributed by atoms with Crippen LogP contribution < -0.4 is 0 Å². The second kappa shape index (κ2) is 4.19. The summed E-state index contributed by atoms with van der Waals surface area (Å²) in [7, 11) is 0. The fourth-order valence-corrected chi connectivity index (χ4v) is 3.25. The minimum Gasteiger partial charge on any atom is -0.392 e. The van der Waals surface area contributed by atoms with Gasteiger partial charge in [0.2, 0.25) is 0 Å². The Morgan fingerprint density at radius 3 is 2.41 bits per heavy atom. The molecule has 17 heavy (non-hydrogen) atoms. The molecule has 0 aromatic heterocycles. The molecular formula is C13H24O4. The molecule has 4 heteroatoms. The third kappa shape index (κ3) is 1.73. The summed E-state index contributed by atoms with van der Waals surface area (Å²) in [5, 5.41) is 20.4. The highest BCUT2D eigenvalue weighted by Crippen LogP contribution is 2.51. The van der Waals surface area contributed by atoms with Crippen LogP contribution in [-0.2, 0) is 9.47 Å². The van der Waals surface area contributed by atoms with E-state index in [1.54, 1.807) is 0 Å². The molecule has 0 unspecified atom stereocenters. The molecule has 1 spiro atoms. The van der Waals surface area contributed by atoms with Crippen LogP contribution in [0, 0.1) is 17.3 Å². The van der Waals surface area contributed by atoms with Gasteiger partial charge in [-0.25, -0.2) is 0 Å². The van der Waals surface area contributed by atoms with Crippen molar-refractivity contribution in [2.75, 3.05) is 13.2 Å². The Hall–Kier alpha value is -0.160. The first-order valence-electron chi connectivity index (χ1n) is 6.47. The molecule has 2 N–H and O–H groups in total. The number of hydrogen-bond donors (Lipinski definition) is 2. The molecule has 2 rings (SSSR count). The Bertz CT molecular complexity index is 291. The Balaban J connectivity index is 2.34. The summed E-state index contributed by atoms with van der Waals surface area (Å²) >= 11 is 0. The highest BCUT2D eigenvalue weighted by molar-refractivity contribution is 5.03. The molecule has 0 bridgehead atoms. The third-order valence-corrected chi connectivity index (χ3v) is 4.69. The molecule has 2 aliphatic rings. The summed E-state index contributed by atoms with van der Waals surface area (Å²) in [5.41, 5.74) is -0.508. The average Bonchev–Trinajstić information content (AvgIpc) is 2.27. The third-order valence-electron chi connectivity index (χ3n) is 4.69. The van der Waals surface area contributed by atoms with Crippen molar-refractivity contribution in [1.29, 1.82) is 0 Å². The molecule has 0 aromatic rings. The van der Waals surface area contributed by atoms with E-state index in [1.807, 2.05) is 27.7 Å². The second-order valence-corrected chi connectivity index (χ2v) is 6.11. The predicted octanol–water partition coefficient (Wildman–Crippen LogP) is 1.15. The molecule has 2 fully saturated rings. The highest BCUT2D eigenvalue weighted by atomic mass is 16.7. The zero-order valence-electron chi connectivity index (χ0n) is 11.1. The van der Waals surface area contributed by atoms with Crippen LogP contribution in [0.1, 0.15) is 34.1 Å². The van der Waals surface area contributed by atoms with Gasteiger partial charge in [-0.05, 0) is 6.42 Å². The maximum atomic E-state index is 10.2. The molecule has 100 valence electrons. The van der Waals surface area contributed by atoms with E-state index in [2.05, 4.69) is 0 Å². The van der Waals surface area contributed by atoms with Crippen LogP contribution in [0.2, 0.25) is 0 Å². The molecule has 0 amide bonds. The molecule has 0 aliphatic carbocycles. The smallest absolute Gasteiger partial charge is 0.180 e. The van der Waals surface area contributed by atoms with Gasteiger partial charge >= 0.3 is 0 Å². The van der Waals surface area contributed by atoms with Gasteiger partial charge in [-0.3, -0.25) is 0 Å². The fourth-order valence-electron chi connectivity index (χ4n) is 3.25. The number of ether oxygens (including phenoxy) is 2. The normalized spacial score (nSPS) is 50.5. The zero-order chi connectivity index (χ0) is 12.8. The quantitative estimate of drug-likeness (QED) is 0.671. The molecule has 0 saturated carbocycles. The van der Waals surface area contributed by atoms with Crippen LogP contribution >= 0.6 is 0 Å². The molecule has 5 atom stereocenters. The predicted molar refractivity (Wildman–Crippen MR) is 63.4 cm³/mol. The van der Waals surface area contributed by atoms with E-state index in [9.17, 15) is 10.2 Å². The second-order valence-electron chi connectivity index (χ2n) is 6.11. The molecule has 4 nitrogen and oxygen atoms in total. The van der Waals surface area contributed by atoms with Crippen molar-refractivity contribution in [3.05, 3.63) is 0 Å². The van der Waals surface area contributed by atoms with E-state index in [0.29, 0.717) is 19.6 Å². The van der Waals surface area contributed by atoms with Gasteiger partial charge in [-0.15, -0.1) is 0 Å². The van der Waals surface area contributed by atoms with Gasteiger partial charge in [0.1, 0.15) is 0 Å². The standard InChI is InChI=1S/C13H24O4/c1-8-7-17-13(9(2)11(8)15)12(3,4)10(14)5-6-16-13/h8-11,14-15H,5-7H2,1-4H3/t8-,9+,10-,11-,13-/m1/s1. The van der Waals surface area contributed by atoms with Crippen LogP contribution in [0.3, 0.4) is 0 Å². The Morgan fingerprint density at radius 2 is 1.76 bits per heavy atom. The lowest BCUT2D eigenvalue weighted by Gasteiger charge is -2.58. The number of rotatable bonds is 0. The van der Waals surface area contributed by atoms with E-state index in [1.165, 1.54) is 0 Å². The van der Waals surface area contributed by atoms with E-state index in [0.717, 1.165) is 0 Å². The van der Waals surface area contributed by atoms with Gasteiger partial charge in [-0.2, -0.15) is 0 Å². The van der Waals surface area contributed by atoms with Crippen molar-refractivity contribution in [3.8, 4) is 0 Å². The van der Waals surface area contributed by atoms with E-state index in [4.69, 9.17) is 9.47 Å². The summed E-state index contributed by atoms with van der Waals surface area (Å²) in [6, 6.07) is 0. The van der Waals surface area contributed by atoms with E-state index in [-0.39, 0.29) is 11.8 Å². The highest BCUT2D eigenvalue weighted by Gasteiger charge is 2.61. The SMILES string of the molecule is C[C@@H]1CO[C@]2(OCC[C@@H](O)C2(C)C)[C@@H](C)[C@@H]1O. The van der Waals surface area contributed by atoms with Crippen molar-refractivity contribution in [2.24, 2.45) is 17.3 Å². The first kappa shape index (κ1) is 13.3. The van der Waals surface area contributed by atoms with Crippen molar-refractivity contribution in [1.82, 2.24) is 0 Å². The summed E-state index contributed by atoms with van der Waals surface area (Å²) in [6.45, 7) is 8.78. The van der Waals surface area contributed by atoms with E-state index < -0.39 is 23.4 Å². The van der Waals surface area contributed by atoms with E-state index >= 15 is 0 Å². The number of aliphatic hydroxyl groups is 2. The van der Waals surface area contributed by atoms with Gasteiger partial charge in [-0.1, -0.05) is 27.7 Å². The van der Waals surface area contributed by atoms with Crippen LogP contribution in [-0.4, -0.2) is 41.4 Å². The lowest BCUT2D eigenvalue weighted by atomic mass is 9.66. The van der Waals surface area contributed by atoms with Gasteiger partial charge in [0.25, 0.3) is 0 Å². The molecule has 0 radical (unpaired) electrons. The Morgan fingerprint density at radius 1 is 1.12 bits per heavy atom. The lowest BCUT2D eigenvalue weighted by molar-refractivity contribution is -0.386. The molecule has 2 aliphatic heterocycles. The molecule has 2 saturated heterocycles. The summed E-state index contributed by atoms with van der Waals surface area (Å²) < 4.78 is 11.8. The first-order chi connectivity index (χ1) is 7.83. The monoisotopic (exact) mass is 244 g/mol. The Kier molecular flexibility index (Phi) is 3.28. The molecule has 0 aromatic carbocycles. The maximum absolute atomic E-state index is 10.2. The van der Waals surface area contributed by atoms with Crippen LogP contribution in [0.5, 0.6) is 0 Å². The van der Waals surface area contributed by atoms with Crippen molar-refractivity contribution in [3.63, 3.8) is 0 Å². The summed E-state index contributed by atoms with van der Waals surface area (Å²) in [6.07, 6.45) is -0.288. The summed E-state index contributed by atoms with van der Waals surface area (Å²) in [4.78, 5) is 0.